The van der Waals surface area contributed by atoms with E-state index >= 15 is 0 Å². The van der Waals surface area contributed by atoms with E-state index < -0.39 is 9.84 Å². The zero-order chi connectivity index (χ0) is 8.20. The van der Waals surface area contributed by atoms with Crippen LogP contribution in [-0.2, 0) is 14.7 Å². The molecule has 2 N–H and O–H groups in total. The highest BCUT2D eigenvalue weighted by Crippen LogP contribution is 1.99. The average molecular weight is 167 g/mol. The quantitative estimate of drug-likeness (QED) is 0.584. The number of hydrogen-bond acceptors (Lipinski definition) is 4. The summed E-state index contributed by atoms with van der Waals surface area (Å²) in [5.74, 6) is 4.67. The van der Waals surface area contributed by atoms with Gasteiger partial charge in [0.25, 0.3) is 0 Å². The molecular weight excluding hydrogens is 154 g/mol. The lowest BCUT2D eigenvalue weighted by atomic mass is 10.6. The fourth-order valence-corrected chi connectivity index (χ4v) is 1.20. The maximum absolute atomic E-state index is 11.0. The predicted octanol–water partition coefficient (Wildman–Crippen LogP) is -0.300. The third kappa shape index (κ3) is 3.14. The molecule has 0 aliphatic rings. The zero-order valence-corrected chi connectivity index (χ0v) is 7.02. The minimum Gasteiger partial charge on any atom is -0.304 e. The SMILES string of the molecule is CC(C)S(=O)(=O)CCON. The van der Waals surface area contributed by atoms with Gasteiger partial charge in [0.1, 0.15) is 0 Å². The number of hydrogen-bond donors (Lipinski definition) is 1. The molecule has 0 radical (unpaired) electrons. The van der Waals surface area contributed by atoms with Crippen LogP contribution in [0.4, 0.5) is 0 Å². The van der Waals surface area contributed by atoms with Gasteiger partial charge in [0.05, 0.1) is 17.6 Å². The Bertz CT molecular complexity index is 173. The first kappa shape index (κ1) is 9.87. The second-order valence-corrected chi connectivity index (χ2v) is 4.96. The first-order chi connectivity index (χ1) is 4.50. The Hall–Kier alpha value is -0.130. The van der Waals surface area contributed by atoms with Gasteiger partial charge < -0.3 is 4.84 Å². The van der Waals surface area contributed by atoms with Crippen molar-refractivity contribution in [1.29, 1.82) is 0 Å². The van der Waals surface area contributed by atoms with E-state index in [1.807, 2.05) is 0 Å². The van der Waals surface area contributed by atoms with Gasteiger partial charge >= 0.3 is 0 Å². The van der Waals surface area contributed by atoms with Gasteiger partial charge in [-0.1, -0.05) is 0 Å². The summed E-state index contributed by atoms with van der Waals surface area (Å²) in [6.45, 7) is 3.33. The lowest BCUT2D eigenvalue weighted by molar-refractivity contribution is 0.153. The minimum atomic E-state index is -2.97. The van der Waals surface area contributed by atoms with Crippen LogP contribution >= 0.6 is 0 Å². The molecule has 0 aromatic heterocycles. The van der Waals surface area contributed by atoms with Crippen LogP contribution in [0.3, 0.4) is 0 Å². The fourth-order valence-electron chi connectivity index (χ4n) is 0.400. The van der Waals surface area contributed by atoms with Crippen molar-refractivity contribution in [2.45, 2.75) is 19.1 Å². The number of sulfone groups is 1. The summed E-state index contributed by atoms with van der Waals surface area (Å²) in [6, 6.07) is 0. The maximum atomic E-state index is 11.0. The lowest BCUT2D eigenvalue weighted by Crippen LogP contribution is -2.22. The van der Waals surface area contributed by atoms with Crippen molar-refractivity contribution >= 4 is 9.84 Å². The Morgan fingerprint density at radius 3 is 2.30 bits per heavy atom. The van der Waals surface area contributed by atoms with Crippen LogP contribution in [0.5, 0.6) is 0 Å². The highest BCUT2D eigenvalue weighted by Gasteiger charge is 2.14. The molecule has 0 amide bonds. The Labute approximate surface area is 61.2 Å². The van der Waals surface area contributed by atoms with Crippen LogP contribution in [-0.4, -0.2) is 26.0 Å². The molecule has 0 heterocycles. The van der Waals surface area contributed by atoms with Crippen LogP contribution in [0.1, 0.15) is 13.8 Å². The smallest absolute Gasteiger partial charge is 0.154 e. The molecule has 0 saturated carbocycles. The molecule has 0 bridgehead atoms. The molecule has 5 heteroatoms. The Morgan fingerprint density at radius 1 is 1.50 bits per heavy atom. The van der Waals surface area contributed by atoms with Gasteiger partial charge in [0.15, 0.2) is 9.84 Å². The van der Waals surface area contributed by atoms with Crippen LogP contribution in [0.2, 0.25) is 0 Å². The molecule has 0 aromatic carbocycles. The largest absolute Gasteiger partial charge is 0.304 e. The first-order valence-electron chi connectivity index (χ1n) is 3.04. The molecule has 10 heavy (non-hydrogen) atoms. The molecule has 0 aromatic rings. The molecule has 62 valence electrons. The summed E-state index contributed by atoms with van der Waals surface area (Å²) in [5, 5.41) is -0.345. The molecule has 0 spiro atoms. The van der Waals surface area contributed by atoms with Crippen molar-refractivity contribution in [3.63, 3.8) is 0 Å². The minimum absolute atomic E-state index is 0.00116. The maximum Gasteiger partial charge on any atom is 0.154 e. The number of rotatable bonds is 4. The highest BCUT2D eigenvalue weighted by atomic mass is 32.2. The predicted molar refractivity (Wildman–Crippen MR) is 39.1 cm³/mol. The van der Waals surface area contributed by atoms with E-state index in [0.717, 1.165) is 0 Å². The van der Waals surface area contributed by atoms with E-state index in [-0.39, 0.29) is 17.6 Å². The third-order valence-corrected chi connectivity index (χ3v) is 3.38. The van der Waals surface area contributed by atoms with Gasteiger partial charge in [-0.25, -0.2) is 14.3 Å². The highest BCUT2D eigenvalue weighted by molar-refractivity contribution is 7.91. The van der Waals surface area contributed by atoms with E-state index in [1.54, 1.807) is 13.8 Å². The molecule has 0 fully saturated rings. The second-order valence-electron chi connectivity index (χ2n) is 2.29. The summed E-state index contributed by atoms with van der Waals surface area (Å²) < 4.78 is 21.9. The van der Waals surface area contributed by atoms with Gasteiger partial charge in [-0.2, -0.15) is 0 Å². The van der Waals surface area contributed by atoms with Gasteiger partial charge in [0, 0.05) is 0 Å². The summed E-state index contributed by atoms with van der Waals surface area (Å²) in [4.78, 5) is 4.15. The average Bonchev–Trinajstić information content (AvgIpc) is 1.84. The van der Waals surface area contributed by atoms with Crippen molar-refractivity contribution in [3.8, 4) is 0 Å². The van der Waals surface area contributed by atoms with Crippen LogP contribution in [0.15, 0.2) is 0 Å². The Balaban J connectivity index is 3.90. The standard InChI is InChI=1S/C5H13NO3S/c1-5(2)10(7,8)4-3-9-6/h5H,3-4,6H2,1-2H3. The summed E-state index contributed by atoms with van der Waals surface area (Å²) in [7, 11) is -2.97. The molecule has 0 atom stereocenters. The zero-order valence-electron chi connectivity index (χ0n) is 6.20. The fraction of sp³-hybridized carbons (Fsp3) is 1.00. The molecule has 0 saturated heterocycles. The normalized spacial score (nSPS) is 12.4. The van der Waals surface area contributed by atoms with Crippen molar-refractivity contribution < 1.29 is 13.3 Å². The van der Waals surface area contributed by atoms with Gasteiger partial charge in [0.2, 0.25) is 0 Å². The van der Waals surface area contributed by atoms with E-state index in [2.05, 4.69) is 10.7 Å². The monoisotopic (exact) mass is 167 g/mol. The summed E-state index contributed by atoms with van der Waals surface area (Å²) in [6.07, 6.45) is 0. The van der Waals surface area contributed by atoms with Crippen LogP contribution in [0.25, 0.3) is 0 Å². The summed E-state index contributed by atoms with van der Waals surface area (Å²) in [5.41, 5.74) is 0. The van der Waals surface area contributed by atoms with E-state index in [0.29, 0.717) is 0 Å². The molecular formula is C5H13NO3S. The van der Waals surface area contributed by atoms with Crippen molar-refractivity contribution in [3.05, 3.63) is 0 Å². The Morgan fingerprint density at radius 2 is 2.00 bits per heavy atom. The van der Waals surface area contributed by atoms with Crippen LogP contribution < -0.4 is 5.90 Å². The summed E-state index contributed by atoms with van der Waals surface area (Å²) >= 11 is 0. The molecule has 0 aliphatic heterocycles. The molecule has 0 unspecified atom stereocenters. The topological polar surface area (TPSA) is 69.4 Å². The molecule has 0 rings (SSSR count). The van der Waals surface area contributed by atoms with Crippen molar-refractivity contribution in [2.24, 2.45) is 5.90 Å². The van der Waals surface area contributed by atoms with Crippen LogP contribution in [0, 0.1) is 0 Å². The first-order valence-corrected chi connectivity index (χ1v) is 4.75. The lowest BCUT2D eigenvalue weighted by Gasteiger charge is -2.04. The second kappa shape index (κ2) is 3.90. The van der Waals surface area contributed by atoms with E-state index in [4.69, 9.17) is 0 Å². The molecule has 0 aliphatic carbocycles. The van der Waals surface area contributed by atoms with Gasteiger partial charge in [-0.3, -0.25) is 0 Å². The van der Waals surface area contributed by atoms with Crippen molar-refractivity contribution in [2.75, 3.05) is 12.4 Å². The Kier molecular flexibility index (Phi) is 3.85. The molecule has 4 nitrogen and oxygen atoms in total. The van der Waals surface area contributed by atoms with Gasteiger partial charge in [-0.15, -0.1) is 0 Å². The number of nitrogens with two attached hydrogens (primary N) is 1. The van der Waals surface area contributed by atoms with E-state index in [9.17, 15) is 8.42 Å². The third-order valence-electron chi connectivity index (χ3n) is 1.20. The van der Waals surface area contributed by atoms with E-state index in [1.165, 1.54) is 0 Å². The van der Waals surface area contributed by atoms with Gasteiger partial charge in [-0.05, 0) is 13.8 Å². The van der Waals surface area contributed by atoms with Crippen molar-refractivity contribution in [1.82, 2.24) is 0 Å².